The summed E-state index contributed by atoms with van der Waals surface area (Å²) in [6, 6.07) is 0.0803. The van der Waals surface area contributed by atoms with Gasteiger partial charge in [-0.25, -0.2) is 4.79 Å². The molecule has 0 saturated carbocycles. The number of guanidine groups is 1. The largest absolute Gasteiger partial charge is 0.444 e. The molecule has 0 bridgehead atoms. The molecular formula is C20H40IN7O2. The third kappa shape index (κ3) is 11.0. The molecule has 0 radical (unpaired) electrons. The van der Waals surface area contributed by atoms with Gasteiger partial charge in [0, 0.05) is 45.2 Å². The minimum absolute atomic E-state index is 0. The molecule has 0 spiro atoms. The third-order valence-electron chi connectivity index (χ3n) is 4.08. The van der Waals surface area contributed by atoms with Crippen molar-refractivity contribution in [1.29, 1.82) is 0 Å². The second-order valence-corrected chi connectivity index (χ2v) is 8.10. The number of hydrogen-bond acceptors (Lipinski definition) is 5. The number of hydrogen-bond donors (Lipinski definition) is 2. The highest BCUT2D eigenvalue weighted by atomic mass is 127. The van der Waals surface area contributed by atoms with Crippen LogP contribution in [-0.2, 0) is 17.7 Å². The van der Waals surface area contributed by atoms with Crippen molar-refractivity contribution in [2.45, 2.75) is 79.5 Å². The summed E-state index contributed by atoms with van der Waals surface area (Å²) in [7, 11) is 0. The quantitative estimate of drug-likeness (QED) is 0.206. The third-order valence-corrected chi connectivity index (χ3v) is 4.08. The van der Waals surface area contributed by atoms with Crippen LogP contribution in [0, 0.1) is 0 Å². The fourth-order valence-electron chi connectivity index (χ4n) is 2.69. The van der Waals surface area contributed by atoms with Gasteiger partial charge in [0.05, 0.1) is 0 Å². The van der Waals surface area contributed by atoms with Crippen molar-refractivity contribution in [2.24, 2.45) is 4.99 Å². The van der Waals surface area contributed by atoms with E-state index in [-0.39, 0.29) is 36.1 Å². The standard InChI is InChI=1S/C20H39N7O2.HI/c1-8-17-25-24-15-26(17)14-12-23-18(21-9-2)22-11-10-13-27(16(3)4)19(28)29-20(5,6)7;/h15-16H,8-14H2,1-7H3,(H2,21,22,23);1H. The van der Waals surface area contributed by atoms with Crippen LogP contribution in [0.3, 0.4) is 0 Å². The van der Waals surface area contributed by atoms with Gasteiger partial charge < -0.3 is 24.8 Å². The summed E-state index contributed by atoms with van der Waals surface area (Å²) in [6.45, 7) is 17.3. The van der Waals surface area contributed by atoms with Crippen LogP contribution in [0.2, 0.25) is 0 Å². The van der Waals surface area contributed by atoms with Crippen LogP contribution < -0.4 is 10.6 Å². The molecule has 174 valence electrons. The number of aliphatic imine (C=N–C) groups is 1. The first-order valence-electron chi connectivity index (χ1n) is 10.6. The number of amides is 1. The molecule has 0 aliphatic rings. The Morgan fingerprint density at radius 1 is 1.30 bits per heavy atom. The summed E-state index contributed by atoms with van der Waals surface area (Å²) < 4.78 is 7.54. The van der Waals surface area contributed by atoms with E-state index < -0.39 is 5.60 Å². The van der Waals surface area contributed by atoms with Gasteiger partial charge in [0.25, 0.3) is 0 Å². The van der Waals surface area contributed by atoms with Crippen LogP contribution in [0.15, 0.2) is 11.3 Å². The zero-order valence-corrected chi connectivity index (χ0v) is 21.9. The topological polar surface area (TPSA) is 96.7 Å². The van der Waals surface area contributed by atoms with Crippen molar-refractivity contribution in [2.75, 3.05) is 26.2 Å². The second-order valence-electron chi connectivity index (χ2n) is 8.10. The molecule has 1 aromatic rings. The second kappa shape index (κ2) is 14.4. The minimum Gasteiger partial charge on any atom is -0.444 e. The predicted molar refractivity (Wildman–Crippen MR) is 131 cm³/mol. The Hall–Kier alpha value is -1.59. The smallest absolute Gasteiger partial charge is 0.410 e. The molecule has 10 heteroatoms. The summed E-state index contributed by atoms with van der Waals surface area (Å²) in [5.74, 6) is 1.75. The molecule has 1 amide bonds. The number of carbonyl (C=O) groups is 1. The molecule has 1 rings (SSSR count). The van der Waals surface area contributed by atoms with Crippen molar-refractivity contribution in [3.05, 3.63) is 12.2 Å². The van der Waals surface area contributed by atoms with Gasteiger partial charge in [-0.15, -0.1) is 34.2 Å². The Bertz CT molecular complexity index is 641. The fourth-order valence-corrected chi connectivity index (χ4v) is 2.69. The van der Waals surface area contributed by atoms with Crippen molar-refractivity contribution in [3.8, 4) is 0 Å². The molecule has 0 unspecified atom stereocenters. The molecule has 0 saturated heterocycles. The molecule has 0 aliphatic heterocycles. The van der Waals surface area contributed by atoms with E-state index in [0.29, 0.717) is 13.1 Å². The van der Waals surface area contributed by atoms with E-state index in [0.717, 1.165) is 44.3 Å². The van der Waals surface area contributed by atoms with Crippen LogP contribution in [0.4, 0.5) is 4.79 Å². The zero-order valence-electron chi connectivity index (χ0n) is 19.6. The molecule has 0 atom stereocenters. The van der Waals surface area contributed by atoms with E-state index in [1.54, 1.807) is 11.2 Å². The molecule has 2 N–H and O–H groups in total. The first kappa shape index (κ1) is 28.4. The number of nitrogens with zero attached hydrogens (tertiary/aromatic N) is 5. The highest BCUT2D eigenvalue weighted by Gasteiger charge is 2.23. The van der Waals surface area contributed by atoms with E-state index in [1.165, 1.54) is 0 Å². The lowest BCUT2D eigenvalue weighted by Crippen LogP contribution is -2.42. The summed E-state index contributed by atoms with van der Waals surface area (Å²) in [6.07, 6.45) is 3.10. The summed E-state index contributed by atoms with van der Waals surface area (Å²) in [4.78, 5) is 18.7. The van der Waals surface area contributed by atoms with Crippen LogP contribution in [0.1, 0.15) is 60.7 Å². The van der Waals surface area contributed by atoms with Gasteiger partial charge in [0.2, 0.25) is 0 Å². The van der Waals surface area contributed by atoms with Crippen LogP contribution in [-0.4, -0.2) is 69.5 Å². The number of aromatic nitrogens is 3. The molecule has 1 aromatic heterocycles. The monoisotopic (exact) mass is 537 g/mol. The Morgan fingerprint density at radius 2 is 2.00 bits per heavy atom. The summed E-state index contributed by atoms with van der Waals surface area (Å²) >= 11 is 0. The van der Waals surface area contributed by atoms with Crippen LogP contribution >= 0.6 is 24.0 Å². The lowest BCUT2D eigenvalue weighted by molar-refractivity contribution is 0.0190. The Morgan fingerprint density at radius 3 is 2.57 bits per heavy atom. The zero-order chi connectivity index (χ0) is 21.9. The molecular weight excluding hydrogens is 497 g/mol. The number of aryl methyl sites for hydroxylation is 1. The van der Waals surface area contributed by atoms with Gasteiger partial charge in [-0.1, -0.05) is 6.92 Å². The maximum Gasteiger partial charge on any atom is 0.410 e. The molecule has 0 fully saturated rings. The maximum atomic E-state index is 12.4. The lowest BCUT2D eigenvalue weighted by atomic mass is 10.2. The molecule has 0 aromatic carbocycles. The van der Waals surface area contributed by atoms with Gasteiger partial charge in [-0.2, -0.15) is 0 Å². The van der Waals surface area contributed by atoms with Gasteiger partial charge >= 0.3 is 6.09 Å². The van der Waals surface area contributed by atoms with Gasteiger partial charge in [-0.3, -0.25) is 4.99 Å². The van der Waals surface area contributed by atoms with E-state index >= 15 is 0 Å². The predicted octanol–water partition coefficient (Wildman–Crippen LogP) is 3.05. The number of rotatable bonds is 10. The van der Waals surface area contributed by atoms with E-state index in [4.69, 9.17) is 4.74 Å². The Labute approximate surface area is 198 Å². The van der Waals surface area contributed by atoms with E-state index in [9.17, 15) is 4.79 Å². The highest BCUT2D eigenvalue weighted by Crippen LogP contribution is 2.12. The highest BCUT2D eigenvalue weighted by molar-refractivity contribution is 14.0. The molecule has 9 nitrogen and oxygen atoms in total. The average molecular weight is 537 g/mol. The normalized spacial score (nSPS) is 11.8. The number of nitrogens with one attached hydrogen (secondary N) is 2. The van der Waals surface area contributed by atoms with E-state index in [2.05, 4.69) is 32.7 Å². The van der Waals surface area contributed by atoms with E-state index in [1.807, 2.05) is 46.1 Å². The van der Waals surface area contributed by atoms with Crippen molar-refractivity contribution in [3.63, 3.8) is 0 Å². The van der Waals surface area contributed by atoms with Crippen molar-refractivity contribution in [1.82, 2.24) is 30.3 Å². The number of halogens is 1. The molecule has 0 aliphatic carbocycles. The van der Waals surface area contributed by atoms with Crippen LogP contribution in [0.5, 0.6) is 0 Å². The first-order chi connectivity index (χ1) is 13.7. The lowest BCUT2D eigenvalue weighted by Gasteiger charge is -2.30. The van der Waals surface area contributed by atoms with Crippen molar-refractivity contribution < 1.29 is 9.53 Å². The van der Waals surface area contributed by atoms with Crippen molar-refractivity contribution >= 4 is 36.0 Å². The van der Waals surface area contributed by atoms with Crippen LogP contribution in [0.25, 0.3) is 0 Å². The molecule has 1 heterocycles. The van der Waals surface area contributed by atoms with Gasteiger partial charge in [0.15, 0.2) is 5.96 Å². The first-order valence-corrected chi connectivity index (χ1v) is 10.6. The molecule has 30 heavy (non-hydrogen) atoms. The fraction of sp³-hybridized carbons (Fsp3) is 0.800. The summed E-state index contributed by atoms with van der Waals surface area (Å²) in [5, 5.41) is 14.6. The Balaban J connectivity index is 0.00000841. The Kier molecular flexibility index (Phi) is 13.7. The minimum atomic E-state index is -0.493. The number of ether oxygens (including phenoxy) is 1. The van der Waals surface area contributed by atoms with Gasteiger partial charge in [-0.05, 0) is 48.0 Å². The SMILES string of the molecule is CCNC(=NCCCN(C(=O)OC(C)(C)C)C(C)C)NCCn1cnnc1CC.I. The van der Waals surface area contributed by atoms with Gasteiger partial charge in [0.1, 0.15) is 17.8 Å². The summed E-state index contributed by atoms with van der Waals surface area (Å²) in [5.41, 5.74) is -0.493. The maximum absolute atomic E-state index is 12.4. The number of carbonyl (C=O) groups excluding carboxylic acids is 1. The average Bonchev–Trinajstić information content (AvgIpc) is 3.07.